The minimum absolute atomic E-state index is 0.0301. The Morgan fingerprint density at radius 2 is 1.88 bits per heavy atom. The third kappa shape index (κ3) is 2.52. The second-order valence-corrected chi connectivity index (χ2v) is 4.16. The van der Waals surface area contributed by atoms with Crippen LogP contribution in [0.15, 0.2) is 0 Å². The van der Waals surface area contributed by atoms with E-state index in [4.69, 9.17) is 5.11 Å². The average molecular weight is 228 g/mol. The highest BCUT2D eigenvalue weighted by molar-refractivity contribution is 5.83. The van der Waals surface area contributed by atoms with Crippen molar-refractivity contribution in [2.24, 2.45) is 0 Å². The number of likely N-dealkylation sites (N-methyl/N-ethyl adjacent to an activating group) is 1. The van der Waals surface area contributed by atoms with Gasteiger partial charge in [-0.15, -0.1) is 0 Å². The lowest BCUT2D eigenvalue weighted by molar-refractivity contribution is -0.149. The number of carbonyl (C=O) groups is 2. The fraction of sp³-hybridized carbons (Fsp3) is 0.818. The maximum atomic E-state index is 11.7. The SMILES string of the molecule is CCN(CC)C(=O)CNC1(C(=O)O)CCC1. The van der Waals surface area contributed by atoms with E-state index in [1.807, 2.05) is 13.8 Å². The van der Waals surface area contributed by atoms with Crippen LogP contribution in [-0.2, 0) is 9.59 Å². The topological polar surface area (TPSA) is 69.6 Å². The highest BCUT2D eigenvalue weighted by atomic mass is 16.4. The molecule has 16 heavy (non-hydrogen) atoms. The number of carboxylic acid groups (broad SMARTS) is 1. The van der Waals surface area contributed by atoms with Crippen LogP contribution in [0.2, 0.25) is 0 Å². The van der Waals surface area contributed by atoms with Gasteiger partial charge in [-0.05, 0) is 33.1 Å². The largest absolute Gasteiger partial charge is 0.480 e. The maximum Gasteiger partial charge on any atom is 0.323 e. The fourth-order valence-corrected chi connectivity index (χ4v) is 1.93. The van der Waals surface area contributed by atoms with Gasteiger partial charge in [-0.2, -0.15) is 0 Å². The zero-order valence-electron chi connectivity index (χ0n) is 9.95. The summed E-state index contributed by atoms with van der Waals surface area (Å²) in [4.78, 5) is 24.4. The molecule has 0 spiro atoms. The van der Waals surface area contributed by atoms with Crippen LogP contribution in [0.4, 0.5) is 0 Å². The molecule has 1 saturated carbocycles. The molecule has 0 aromatic heterocycles. The number of hydrogen-bond donors (Lipinski definition) is 2. The summed E-state index contributed by atoms with van der Waals surface area (Å²) in [5.74, 6) is -0.872. The van der Waals surface area contributed by atoms with Crippen molar-refractivity contribution < 1.29 is 14.7 Å². The maximum absolute atomic E-state index is 11.7. The van der Waals surface area contributed by atoms with Gasteiger partial charge in [0.05, 0.1) is 6.54 Å². The van der Waals surface area contributed by atoms with E-state index in [0.717, 1.165) is 6.42 Å². The molecule has 0 radical (unpaired) electrons. The first kappa shape index (κ1) is 13.0. The quantitative estimate of drug-likeness (QED) is 0.692. The van der Waals surface area contributed by atoms with Crippen molar-refractivity contribution in [3.8, 4) is 0 Å². The minimum atomic E-state index is -0.844. The molecule has 0 aromatic rings. The van der Waals surface area contributed by atoms with Gasteiger partial charge in [-0.1, -0.05) is 0 Å². The van der Waals surface area contributed by atoms with Crippen LogP contribution < -0.4 is 5.32 Å². The first-order valence-electron chi connectivity index (χ1n) is 5.82. The van der Waals surface area contributed by atoms with Gasteiger partial charge in [0.15, 0.2) is 0 Å². The normalized spacial score (nSPS) is 17.6. The Bertz CT molecular complexity index is 270. The third-order valence-electron chi connectivity index (χ3n) is 3.31. The number of amides is 1. The second kappa shape index (κ2) is 5.30. The number of carbonyl (C=O) groups excluding carboxylic acids is 1. The number of aliphatic carboxylic acids is 1. The summed E-state index contributed by atoms with van der Waals surface area (Å²) < 4.78 is 0. The van der Waals surface area contributed by atoms with Gasteiger partial charge in [0.1, 0.15) is 5.54 Å². The molecule has 0 atom stereocenters. The van der Waals surface area contributed by atoms with Crippen LogP contribution in [0.1, 0.15) is 33.1 Å². The van der Waals surface area contributed by atoms with Crippen molar-refractivity contribution in [2.45, 2.75) is 38.6 Å². The first-order valence-corrected chi connectivity index (χ1v) is 5.82. The molecule has 1 rings (SSSR count). The van der Waals surface area contributed by atoms with Crippen molar-refractivity contribution in [1.82, 2.24) is 10.2 Å². The zero-order valence-corrected chi connectivity index (χ0v) is 9.95. The fourth-order valence-electron chi connectivity index (χ4n) is 1.93. The predicted molar refractivity (Wildman–Crippen MR) is 60.1 cm³/mol. The van der Waals surface area contributed by atoms with E-state index in [1.165, 1.54) is 0 Å². The Kier molecular flexibility index (Phi) is 4.29. The number of carboxylic acids is 1. The van der Waals surface area contributed by atoms with Crippen LogP contribution in [0.25, 0.3) is 0 Å². The van der Waals surface area contributed by atoms with E-state index >= 15 is 0 Å². The summed E-state index contributed by atoms with van der Waals surface area (Å²) in [6, 6.07) is 0. The van der Waals surface area contributed by atoms with Gasteiger partial charge in [-0.3, -0.25) is 14.9 Å². The smallest absolute Gasteiger partial charge is 0.323 e. The van der Waals surface area contributed by atoms with E-state index in [0.29, 0.717) is 25.9 Å². The molecule has 5 heteroatoms. The molecule has 0 aliphatic heterocycles. The standard InChI is InChI=1S/C11H20N2O3/c1-3-13(4-2)9(14)8-12-11(10(15)16)6-5-7-11/h12H,3-8H2,1-2H3,(H,15,16). The predicted octanol–water partition coefficient (Wildman–Crippen LogP) is 0.452. The van der Waals surface area contributed by atoms with Crippen molar-refractivity contribution in [3.05, 3.63) is 0 Å². The molecule has 0 bridgehead atoms. The summed E-state index contributed by atoms with van der Waals surface area (Å²) in [6.45, 7) is 5.28. The second-order valence-electron chi connectivity index (χ2n) is 4.16. The minimum Gasteiger partial charge on any atom is -0.480 e. The van der Waals surface area contributed by atoms with Gasteiger partial charge in [0.25, 0.3) is 0 Å². The van der Waals surface area contributed by atoms with Crippen LogP contribution in [0.3, 0.4) is 0 Å². The first-order chi connectivity index (χ1) is 7.55. The Balaban J connectivity index is 2.44. The summed E-state index contributed by atoms with van der Waals surface area (Å²) in [6.07, 6.45) is 2.15. The lowest BCUT2D eigenvalue weighted by Crippen LogP contribution is -2.59. The van der Waals surface area contributed by atoms with Crippen LogP contribution in [-0.4, -0.2) is 47.1 Å². The van der Waals surface area contributed by atoms with Crippen molar-refractivity contribution in [1.29, 1.82) is 0 Å². The molecule has 1 fully saturated rings. The van der Waals surface area contributed by atoms with Gasteiger partial charge in [0.2, 0.25) is 5.91 Å². The van der Waals surface area contributed by atoms with E-state index < -0.39 is 11.5 Å². The average Bonchev–Trinajstić information content (AvgIpc) is 2.17. The molecular weight excluding hydrogens is 208 g/mol. The summed E-state index contributed by atoms with van der Waals surface area (Å²) >= 11 is 0. The monoisotopic (exact) mass is 228 g/mol. The summed E-state index contributed by atoms with van der Waals surface area (Å²) in [5, 5.41) is 12.0. The van der Waals surface area contributed by atoms with Crippen LogP contribution >= 0.6 is 0 Å². The van der Waals surface area contributed by atoms with Gasteiger partial charge >= 0.3 is 5.97 Å². The molecule has 1 aliphatic rings. The molecule has 0 heterocycles. The molecule has 1 aliphatic carbocycles. The molecule has 5 nitrogen and oxygen atoms in total. The Labute approximate surface area is 95.8 Å². The lowest BCUT2D eigenvalue weighted by atomic mass is 9.77. The summed E-state index contributed by atoms with van der Waals surface area (Å²) in [5.41, 5.74) is -0.844. The third-order valence-corrected chi connectivity index (χ3v) is 3.31. The number of nitrogens with one attached hydrogen (secondary N) is 1. The highest BCUT2D eigenvalue weighted by Crippen LogP contribution is 2.31. The molecule has 2 N–H and O–H groups in total. The van der Waals surface area contributed by atoms with Crippen molar-refractivity contribution in [2.75, 3.05) is 19.6 Å². The Morgan fingerprint density at radius 1 is 1.31 bits per heavy atom. The number of hydrogen-bond acceptors (Lipinski definition) is 3. The van der Waals surface area contributed by atoms with E-state index in [9.17, 15) is 9.59 Å². The Hall–Kier alpha value is -1.10. The number of nitrogens with zero attached hydrogens (tertiary/aromatic N) is 1. The Morgan fingerprint density at radius 3 is 2.19 bits per heavy atom. The summed E-state index contributed by atoms with van der Waals surface area (Å²) in [7, 11) is 0. The van der Waals surface area contributed by atoms with E-state index in [2.05, 4.69) is 5.32 Å². The zero-order chi connectivity index (χ0) is 12.2. The molecule has 0 aromatic carbocycles. The molecular formula is C11H20N2O3. The van der Waals surface area contributed by atoms with Crippen LogP contribution in [0.5, 0.6) is 0 Å². The van der Waals surface area contributed by atoms with Crippen molar-refractivity contribution in [3.63, 3.8) is 0 Å². The molecule has 0 unspecified atom stereocenters. The van der Waals surface area contributed by atoms with Crippen molar-refractivity contribution >= 4 is 11.9 Å². The molecule has 0 saturated heterocycles. The lowest BCUT2D eigenvalue weighted by Gasteiger charge is -2.38. The van der Waals surface area contributed by atoms with E-state index in [-0.39, 0.29) is 12.5 Å². The number of rotatable bonds is 6. The molecule has 1 amide bonds. The highest BCUT2D eigenvalue weighted by Gasteiger charge is 2.44. The van der Waals surface area contributed by atoms with Gasteiger partial charge < -0.3 is 10.0 Å². The van der Waals surface area contributed by atoms with Crippen LogP contribution in [0, 0.1) is 0 Å². The van der Waals surface area contributed by atoms with Gasteiger partial charge in [0, 0.05) is 13.1 Å². The molecule has 92 valence electrons. The van der Waals surface area contributed by atoms with E-state index in [1.54, 1.807) is 4.90 Å². The van der Waals surface area contributed by atoms with Gasteiger partial charge in [-0.25, -0.2) is 0 Å².